The molecule has 0 radical (unpaired) electrons. The number of carbonyl (C=O) groups excluding carboxylic acids is 2. The Kier molecular flexibility index (Phi) is 6.93. The Morgan fingerprint density at radius 1 is 1.14 bits per heavy atom. The van der Waals surface area contributed by atoms with Crippen LogP contribution in [0.1, 0.15) is 56.1 Å². The number of carbonyl (C=O) groups is 2. The van der Waals surface area contributed by atoms with Crippen LogP contribution in [0, 0.1) is 0 Å². The molecule has 1 atom stereocenters. The Morgan fingerprint density at radius 2 is 1.83 bits per heavy atom. The molecule has 2 aliphatic rings. The van der Waals surface area contributed by atoms with Crippen molar-refractivity contribution in [3.05, 3.63) is 69.2 Å². The van der Waals surface area contributed by atoms with Crippen LogP contribution in [0.4, 0.5) is 10.5 Å². The number of hydrogen-bond donors (Lipinski definition) is 0. The monoisotopic (exact) mass is 516 g/mol. The number of hydrogen-bond acceptors (Lipinski definition) is 4. The van der Waals surface area contributed by atoms with Gasteiger partial charge in [0.05, 0.1) is 22.7 Å². The number of amides is 2. The topological polar surface area (TPSA) is 59.1 Å². The van der Waals surface area contributed by atoms with E-state index in [1.165, 1.54) is 0 Å². The highest BCUT2D eigenvalue weighted by Crippen LogP contribution is 2.34. The first-order chi connectivity index (χ1) is 16.4. The zero-order chi connectivity index (χ0) is 25.5. The SMILES string of the molecule is CC(C)(C)OC(=O)N1[C@@H](C=Cc2ccc(N3CCc4c(ccc(Cl)c4Cl)C3=O)cc2)COC1(C)C. The van der Waals surface area contributed by atoms with E-state index in [4.69, 9.17) is 32.7 Å². The van der Waals surface area contributed by atoms with Crippen LogP contribution in [0.5, 0.6) is 0 Å². The molecule has 0 saturated carbocycles. The third-order valence-electron chi connectivity index (χ3n) is 6.08. The average Bonchev–Trinajstić information content (AvgIpc) is 3.08. The molecule has 0 bridgehead atoms. The molecule has 35 heavy (non-hydrogen) atoms. The standard InChI is InChI=1S/C27H30Cl2N2O4/c1-26(2,3)35-25(33)31-19(16-34-27(31,4)5)11-8-17-6-9-18(10-7-17)30-15-14-20-21(24(30)32)12-13-22(28)23(20)29/h6-13,19H,14-16H2,1-5H3/t19-/m0/s1. The van der Waals surface area contributed by atoms with E-state index in [0.717, 1.165) is 16.8 Å². The van der Waals surface area contributed by atoms with Gasteiger partial charge in [-0.1, -0.05) is 47.5 Å². The molecule has 4 rings (SSSR count). The van der Waals surface area contributed by atoms with Crippen molar-refractivity contribution in [1.29, 1.82) is 0 Å². The predicted molar refractivity (Wildman–Crippen MR) is 139 cm³/mol. The van der Waals surface area contributed by atoms with Gasteiger partial charge in [-0.15, -0.1) is 0 Å². The number of ether oxygens (including phenoxy) is 2. The normalized spacial score (nSPS) is 19.9. The van der Waals surface area contributed by atoms with E-state index in [1.54, 1.807) is 21.9 Å². The van der Waals surface area contributed by atoms with Crippen molar-refractivity contribution in [1.82, 2.24) is 4.90 Å². The van der Waals surface area contributed by atoms with Crippen molar-refractivity contribution in [3.63, 3.8) is 0 Å². The summed E-state index contributed by atoms with van der Waals surface area (Å²) >= 11 is 12.4. The summed E-state index contributed by atoms with van der Waals surface area (Å²) in [6.45, 7) is 10.2. The Hall–Kier alpha value is -2.54. The Morgan fingerprint density at radius 3 is 2.49 bits per heavy atom. The molecule has 0 aliphatic carbocycles. The quantitative estimate of drug-likeness (QED) is 0.462. The summed E-state index contributed by atoms with van der Waals surface area (Å²) in [4.78, 5) is 29.3. The van der Waals surface area contributed by atoms with Crippen molar-refractivity contribution in [2.75, 3.05) is 18.1 Å². The molecule has 6 nitrogen and oxygen atoms in total. The van der Waals surface area contributed by atoms with Gasteiger partial charge in [-0.3, -0.25) is 9.69 Å². The van der Waals surface area contributed by atoms with Crippen molar-refractivity contribution < 1.29 is 19.1 Å². The molecular weight excluding hydrogens is 487 g/mol. The zero-order valence-electron chi connectivity index (χ0n) is 20.6. The molecule has 186 valence electrons. The summed E-state index contributed by atoms with van der Waals surface area (Å²) in [5.41, 5.74) is 1.78. The molecule has 0 aromatic heterocycles. The highest BCUT2D eigenvalue weighted by Gasteiger charge is 2.44. The molecular formula is C27H30Cl2N2O4. The number of halogens is 2. The van der Waals surface area contributed by atoms with Crippen molar-refractivity contribution in [2.24, 2.45) is 0 Å². The molecule has 0 unspecified atom stereocenters. The van der Waals surface area contributed by atoms with Crippen LogP contribution in [0.15, 0.2) is 42.5 Å². The first-order valence-electron chi connectivity index (χ1n) is 11.6. The van der Waals surface area contributed by atoms with Crippen molar-refractivity contribution in [3.8, 4) is 0 Å². The Balaban J connectivity index is 1.48. The largest absolute Gasteiger partial charge is 0.444 e. The van der Waals surface area contributed by atoms with Crippen LogP contribution in [0.3, 0.4) is 0 Å². The predicted octanol–water partition coefficient (Wildman–Crippen LogP) is 6.58. The van der Waals surface area contributed by atoms with E-state index in [2.05, 4.69) is 0 Å². The molecule has 8 heteroatoms. The lowest BCUT2D eigenvalue weighted by Crippen LogP contribution is -2.49. The summed E-state index contributed by atoms with van der Waals surface area (Å²) in [5.74, 6) is -0.0913. The highest BCUT2D eigenvalue weighted by molar-refractivity contribution is 6.43. The summed E-state index contributed by atoms with van der Waals surface area (Å²) in [7, 11) is 0. The zero-order valence-corrected chi connectivity index (χ0v) is 22.1. The number of benzene rings is 2. The molecule has 1 saturated heterocycles. The van der Waals surface area contributed by atoms with Gasteiger partial charge in [0.25, 0.3) is 5.91 Å². The third-order valence-corrected chi connectivity index (χ3v) is 6.93. The van der Waals surface area contributed by atoms with E-state index >= 15 is 0 Å². The maximum absolute atomic E-state index is 13.1. The minimum atomic E-state index is -0.765. The van der Waals surface area contributed by atoms with Crippen molar-refractivity contribution >= 4 is 47.0 Å². The molecule has 0 spiro atoms. The minimum Gasteiger partial charge on any atom is -0.444 e. The van der Waals surface area contributed by atoms with E-state index in [1.807, 2.05) is 71.0 Å². The summed E-state index contributed by atoms with van der Waals surface area (Å²) < 4.78 is 11.4. The molecule has 1 fully saturated rings. The van der Waals surface area contributed by atoms with Crippen LogP contribution >= 0.6 is 23.2 Å². The van der Waals surface area contributed by atoms with Gasteiger partial charge >= 0.3 is 6.09 Å². The molecule has 2 amide bonds. The first kappa shape index (κ1) is 25.5. The van der Waals surface area contributed by atoms with E-state index in [0.29, 0.717) is 35.2 Å². The number of fused-ring (bicyclic) bond motifs is 1. The second kappa shape index (κ2) is 9.49. The van der Waals surface area contributed by atoms with E-state index in [9.17, 15) is 9.59 Å². The number of nitrogens with zero attached hydrogens (tertiary/aromatic N) is 2. The summed E-state index contributed by atoms with van der Waals surface area (Å²) in [6.07, 6.45) is 4.13. The van der Waals surface area contributed by atoms with Gasteiger partial charge in [0.15, 0.2) is 0 Å². The smallest absolute Gasteiger partial charge is 0.413 e. The van der Waals surface area contributed by atoms with Crippen LogP contribution < -0.4 is 4.90 Å². The van der Waals surface area contributed by atoms with Crippen LogP contribution in [0.2, 0.25) is 10.0 Å². The minimum absolute atomic E-state index is 0.0913. The summed E-state index contributed by atoms with van der Waals surface area (Å²) in [5, 5.41) is 0.918. The fraction of sp³-hybridized carbons (Fsp3) is 0.407. The molecule has 2 heterocycles. The van der Waals surface area contributed by atoms with Gasteiger partial charge in [0, 0.05) is 17.8 Å². The Labute approximate surface area is 216 Å². The third kappa shape index (κ3) is 5.35. The second-order valence-electron chi connectivity index (χ2n) is 10.2. The van der Waals surface area contributed by atoms with Gasteiger partial charge in [-0.25, -0.2) is 4.79 Å². The van der Waals surface area contributed by atoms with Gasteiger partial charge < -0.3 is 14.4 Å². The van der Waals surface area contributed by atoms with Crippen LogP contribution in [0.25, 0.3) is 6.08 Å². The molecule has 2 aromatic rings. The lowest BCUT2D eigenvalue weighted by atomic mass is 9.98. The van der Waals surface area contributed by atoms with Crippen LogP contribution in [-0.2, 0) is 15.9 Å². The summed E-state index contributed by atoms with van der Waals surface area (Å²) in [6, 6.07) is 10.9. The fourth-order valence-electron chi connectivity index (χ4n) is 4.38. The van der Waals surface area contributed by atoms with E-state index in [-0.39, 0.29) is 11.9 Å². The van der Waals surface area contributed by atoms with E-state index < -0.39 is 17.4 Å². The lowest BCUT2D eigenvalue weighted by Gasteiger charge is -2.34. The Bertz CT molecular complexity index is 1170. The second-order valence-corrected chi connectivity index (χ2v) is 11.0. The highest BCUT2D eigenvalue weighted by atomic mass is 35.5. The van der Waals surface area contributed by atoms with Crippen molar-refractivity contribution in [2.45, 2.75) is 58.4 Å². The van der Waals surface area contributed by atoms with Gasteiger partial charge in [0.2, 0.25) is 0 Å². The van der Waals surface area contributed by atoms with Crippen LogP contribution in [-0.4, -0.2) is 47.4 Å². The average molecular weight is 517 g/mol. The fourth-order valence-corrected chi connectivity index (χ4v) is 4.82. The van der Waals surface area contributed by atoms with Gasteiger partial charge in [-0.05, 0) is 76.4 Å². The molecule has 2 aromatic carbocycles. The maximum Gasteiger partial charge on any atom is 0.413 e. The maximum atomic E-state index is 13.1. The van der Waals surface area contributed by atoms with Gasteiger partial charge in [0.1, 0.15) is 11.3 Å². The molecule has 2 aliphatic heterocycles. The number of rotatable bonds is 3. The molecule has 0 N–H and O–H groups in total. The van der Waals surface area contributed by atoms with Gasteiger partial charge in [-0.2, -0.15) is 0 Å². The number of anilines is 1. The lowest BCUT2D eigenvalue weighted by molar-refractivity contribution is -0.0610. The first-order valence-corrected chi connectivity index (χ1v) is 12.4.